The van der Waals surface area contributed by atoms with Gasteiger partial charge in [0.2, 0.25) is 16.0 Å². The Morgan fingerprint density at radius 3 is 2.32 bits per heavy atom. The average molecular weight is 479 g/mol. The Morgan fingerprint density at radius 1 is 0.971 bits per heavy atom. The summed E-state index contributed by atoms with van der Waals surface area (Å²) in [5.41, 5.74) is 6.19. The predicted molar refractivity (Wildman–Crippen MR) is 135 cm³/mol. The van der Waals surface area contributed by atoms with Crippen LogP contribution in [0.1, 0.15) is 0 Å². The number of nitrogens with one attached hydrogen (secondary N) is 2. The van der Waals surface area contributed by atoms with Gasteiger partial charge in [-0.15, -0.1) is 0 Å². The zero-order valence-electron chi connectivity index (χ0n) is 19.0. The number of benzene rings is 2. The van der Waals surface area contributed by atoms with E-state index in [1.54, 1.807) is 18.3 Å². The zero-order chi connectivity index (χ0) is 23.7. The highest BCUT2D eigenvalue weighted by Crippen LogP contribution is 2.31. The van der Waals surface area contributed by atoms with E-state index in [0.717, 1.165) is 60.4 Å². The van der Waals surface area contributed by atoms with Crippen molar-refractivity contribution in [1.82, 2.24) is 14.5 Å². The second-order valence-corrected chi connectivity index (χ2v) is 10.1. The molecule has 0 radical (unpaired) electrons. The third kappa shape index (κ3) is 4.82. The minimum Gasteiger partial charge on any atom is -0.378 e. The third-order valence-electron chi connectivity index (χ3n) is 5.73. The van der Waals surface area contributed by atoms with Crippen LogP contribution in [0.25, 0.3) is 22.2 Å². The average Bonchev–Trinajstić information content (AvgIpc) is 3.15. The van der Waals surface area contributed by atoms with Crippen molar-refractivity contribution in [1.29, 1.82) is 0 Å². The summed E-state index contributed by atoms with van der Waals surface area (Å²) in [6.45, 7) is 3.30. The number of sulfonamides is 1. The molecular formula is C24H26N6O3S. The van der Waals surface area contributed by atoms with Gasteiger partial charge >= 0.3 is 0 Å². The summed E-state index contributed by atoms with van der Waals surface area (Å²) < 4.78 is 32.8. The molecule has 2 aromatic carbocycles. The summed E-state index contributed by atoms with van der Waals surface area (Å²) in [7, 11) is -1.37. The highest BCUT2D eigenvalue weighted by Gasteiger charge is 2.14. The fourth-order valence-electron chi connectivity index (χ4n) is 4.07. The summed E-state index contributed by atoms with van der Waals surface area (Å²) in [4.78, 5) is 11.6. The van der Waals surface area contributed by atoms with Crippen molar-refractivity contribution in [3.05, 3.63) is 60.9 Å². The number of nitrogens with zero attached hydrogens (tertiary/aromatic N) is 4. The first-order valence-corrected chi connectivity index (χ1v) is 12.8. The van der Waals surface area contributed by atoms with Crippen LogP contribution in [0.15, 0.2) is 60.9 Å². The molecule has 1 saturated heterocycles. The van der Waals surface area contributed by atoms with Crippen molar-refractivity contribution >= 4 is 44.1 Å². The molecule has 4 aromatic rings. The van der Waals surface area contributed by atoms with Gasteiger partial charge < -0.3 is 19.5 Å². The van der Waals surface area contributed by atoms with Gasteiger partial charge in [0.05, 0.1) is 31.2 Å². The van der Waals surface area contributed by atoms with Gasteiger partial charge in [0.1, 0.15) is 5.52 Å². The van der Waals surface area contributed by atoms with E-state index in [2.05, 4.69) is 32.1 Å². The van der Waals surface area contributed by atoms with Crippen molar-refractivity contribution in [3.8, 4) is 11.1 Å². The molecule has 0 atom stereocenters. The number of morpholine rings is 1. The summed E-state index contributed by atoms with van der Waals surface area (Å²) >= 11 is 0. The van der Waals surface area contributed by atoms with Crippen LogP contribution in [0.3, 0.4) is 0 Å². The number of aryl methyl sites for hydroxylation is 1. The number of anilines is 4. The predicted octanol–water partition coefficient (Wildman–Crippen LogP) is 3.59. The molecule has 0 amide bonds. The van der Waals surface area contributed by atoms with Crippen LogP contribution < -0.4 is 14.9 Å². The Balaban J connectivity index is 1.39. The maximum Gasteiger partial charge on any atom is 0.229 e. The largest absolute Gasteiger partial charge is 0.378 e. The Morgan fingerprint density at radius 2 is 1.65 bits per heavy atom. The van der Waals surface area contributed by atoms with Gasteiger partial charge in [0, 0.05) is 49.0 Å². The molecule has 2 aromatic heterocycles. The highest BCUT2D eigenvalue weighted by atomic mass is 32.2. The lowest BCUT2D eigenvalue weighted by atomic mass is 10.1. The normalized spacial score (nSPS) is 14.4. The molecule has 176 valence electrons. The zero-order valence-corrected chi connectivity index (χ0v) is 19.8. The topological polar surface area (TPSA) is 101 Å². The Hall–Kier alpha value is -3.63. The molecule has 0 saturated carbocycles. The minimum atomic E-state index is -3.32. The van der Waals surface area contributed by atoms with Gasteiger partial charge in [-0.2, -0.15) is 0 Å². The van der Waals surface area contributed by atoms with Crippen LogP contribution in [0.4, 0.5) is 23.0 Å². The maximum atomic E-state index is 11.5. The molecule has 1 aliphatic heterocycles. The molecule has 5 rings (SSSR count). The number of fused-ring (bicyclic) bond motifs is 1. The number of hydrogen-bond donors (Lipinski definition) is 2. The SMILES string of the molecule is Cn1cc(-c2ccc(NS(C)(=O)=O)cc2)c2nc(Nc3ccc(N4CCOCC4)cc3)ncc21. The molecule has 0 unspecified atom stereocenters. The fraction of sp³-hybridized carbons (Fsp3) is 0.250. The van der Waals surface area contributed by atoms with Crippen molar-refractivity contribution in [2.75, 3.05) is 47.5 Å². The van der Waals surface area contributed by atoms with Gasteiger partial charge in [-0.05, 0) is 42.0 Å². The second-order valence-electron chi connectivity index (χ2n) is 8.30. The van der Waals surface area contributed by atoms with E-state index in [-0.39, 0.29) is 0 Å². The monoisotopic (exact) mass is 478 g/mol. The van der Waals surface area contributed by atoms with Crippen LogP contribution in [0.2, 0.25) is 0 Å². The lowest BCUT2D eigenvalue weighted by Crippen LogP contribution is -2.36. The van der Waals surface area contributed by atoms with Gasteiger partial charge in [-0.25, -0.2) is 18.4 Å². The number of ether oxygens (including phenoxy) is 1. The van der Waals surface area contributed by atoms with Crippen molar-refractivity contribution < 1.29 is 13.2 Å². The van der Waals surface area contributed by atoms with Gasteiger partial charge in [0.15, 0.2) is 0 Å². The quantitative estimate of drug-likeness (QED) is 0.437. The van der Waals surface area contributed by atoms with Gasteiger partial charge in [-0.3, -0.25) is 4.72 Å². The molecule has 9 nitrogen and oxygen atoms in total. The Bertz CT molecular complexity index is 1410. The molecule has 34 heavy (non-hydrogen) atoms. The van der Waals surface area contributed by atoms with E-state index in [9.17, 15) is 8.42 Å². The van der Waals surface area contributed by atoms with Crippen molar-refractivity contribution in [2.45, 2.75) is 0 Å². The first-order valence-electron chi connectivity index (χ1n) is 11.0. The van der Waals surface area contributed by atoms with E-state index in [4.69, 9.17) is 9.72 Å². The number of rotatable bonds is 6. The summed E-state index contributed by atoms with van der Waals surface area (Å²) in [6, 6.07) is 15.5. The van der Waals surface area contributed by atoms with Crippen LogP contribution in [0, 0.1) is 0 Å². The first kappa shape index (κ1) is 22.2. The molecule has 10 heteroatoms. The Kier molecular flexibility index (Phi) is 5.84. The van der Waals surface area contributed by atoms with E-state index >= 15 is 0 Å². The van der Waals surface area contributed by atoms with E-state index in [0.29, 0.717) is 11.6 Å². The summed E-state index contributed by atoms with van der Waals surface area (Å²) in [6.07, 6.45) is 4.93. The molecule has 2 N–H and O–H groups in total. The van der Waals surface area contributed by atoms with Crippen LogP contribution in [0.5, 0.6) is 0 Å². The number of aromatic nitrogens is 3. The van der Waals surface area contributed by atoms with Crippen molar-refractivity contribution in [2.24, 2.45) is 7.05 Å². The lowest BCUT2D eigenvalue weighted by Gasteiger charge is -2.28. The molecule has 1 fully saturated rings. The molecule has 0 bridgehead atoms. The van der Waals surface area contributed by atoms with E-state index in [1.807, 2.05) is 42.1 Å². The summed E-state index contributed by atoms with van der Waals surface area (Å²) in [5.74, 6) is 0.509. The highest BCUT2D eigenvalue weighted by molar-refractivity contribution is 7.92. The fourth-order valence-corrected chi connectivity index (χ4v) is 4.63. The third-order valence-corrected chi connectivity index (χ3v) is 6.33. The summed E-state index contributed by atoms with van der Waals surface area (Å²) in [5, 5.41) is 3.30. The lowest BCUT2D eigenvalue weighted by molar-refractivity contribution is 0.122. The maximum absolute atomic E-state index is 11.5. The van der Waals surface area contributed by atoms with Crippen molar-refractivity contribution in [3.63, 3.8) is 0 Å². The van der Waals surface area contributed by atoms with E-state index in [1.165, 1.54) is 5.69 Å². The molecule has 0 aliphatic carbocycles. The standard InChI is InChI=1S/C24H26N6O3S/c1-29-16-21(17-3-5-19(6-4-17)28-34(2,31)32)23-22(29)15-25-24(27-23)26-18-7-9-20(10-8-18)30-11-13-33-14-12-30/h3-10,15-16,28H,11-14H2,1-2H3,(H,25,26,27). The van der Waals surface area contributed by atoms with Gasteiger partial charge in [0.25, 0.3) is 0 Å². The smallest absolute Gasteiger partial charge is 0.229 e. The van der Waals surface area contributed by atoms with Crippen LogP contribution in [-0.2, 0) is 21.8 Å². The van der Waals surface area contributed by atoms with Gasteiger partial charge in [-0.1, -0.05) is 12.1 Å². The minimum absolute atomic E-state index is 0.509. The first-order chi connectivity index (χ1) is 16.4. The van der Waals surface area contributed by atoms with E-state index < -0.39 is 10.0 Å². The molecule has 1 aliphatic rings. The van der Waals surface area contributed by atoms with Crippen LogP contribution >= 0.6 is 0 Å². The molecule has 3 heterocycles. The molecule has 0 spiro atoms. The Labute approximate surface area is 198 Å². The second kappa shape index (κ2) is 8.96. The van der Waals surface area contributed by atoms with Crippen LogP contribution in [-0.4, -0.2) is 55.5 Å². The number of hydrogen-bond acceptors (Lipinski definition) is 7. The molecular weight excluding hydrogens is 452 g/mol.